The van der Waals surface area contributed by atoms with Crippen LogP contribution in [0.5, 0.6) is 17.2 Å². The van der Waals surface area contributed by atoms with E-state index in [9.17, 15) is 14.4 Å². The SMILES string of the molecule is COc1ccc(/C=C/C=C2\C(=O)NC(=O)N(c3ccc4c(c3)OCO4)C2=O)cc1. The van der Waals surface area contributed by atoms with Crippen molar-refractivity contribution in [2.75, 3.05) is 18.8 Å². The van der Waals surface area contributed by atoms with Crippen molar-refractivity contribution in [2.45, 2.75) is 0 Å². The summed E-state index contributed by atoms with van der Waals surface area (Å²) in [6, 6.07) is 11.1. The van der Waals surface area contributed by atoms with Crippen molar-refractivity contribution in [3.05, 3.63) is 65.8 Å². The lowest BCUT2D eigenvalue weighted by Gasteiger charge is -2.26. The highest BCUT2D eigenvalue weighted by Crippen LogP contribution is 2.36. The van der Waals surface area contributed by atoms with Crippen LogP contribution in [0.2, 0.25) is 0 Å². The molecule has 2 aliphatic heterocycles. The van der Waals surface area contributed by atoms with Gasteiger partial charge in [0.25, 0.3) is 11.8 Å². The van der Waals surface area contributed by atoms with E-state index < -0.39 is 17.8 Å². The maximum Gasteiger partial charge on any atom is 0.335 e. The lowest BCUT2D eigenvalue weighted by Crippen LogP contribution is -2.54. The number of allylic oxidation sites excluding steroid dienone is 2. The number of nitrogens with one attached hydrogen (secondary N) is 1. The Kier molecular flexibility index (Phi) is 4.74. The summed E-state index contributed by atoms with van der Waals surface area (Å²) < 4.78 is 15.6. The number of nitrogens with zero attached hydrogens (tertiary/aromatic N) is 1. The van der Waals surface area contributed by atoms with E-state index in [4.69, 9.17) is 14.2 Å². The van der Waals surface area contributed by atoms with Gasteiger partial charge in [-0.15, -0.1) is 0 Å². The Balaban J connectivity index is 1.59. The van der Waals surface area contributed by atoms with E-state index in [1.165, 1.54) is 12.1 Å². The highest BCUT2D eigenvalue weighted by Gasteiger charge is 2.37. The van der Waals surface area contributed by atoms with Crippen molar-refractivity contribution in [2.24, 2.45) is 0 Å². The topological polar surface area (TPSA) is 94.2 Å². The third-order valence-electron chi connectivity index (χ3n) is 4.38. The first-order valence-corrected chi connectivity index (χ1v) is 8.68. The molecule has 0 saturated carbocycles. The standard InChI is InChI=1S/C21H16N2O6/c1-27-15-8-5-13(6-9-15)3-2-4-16-19(24)22-21(26)23(20(16)25)14-7-10-17-18(11-14)29-12-28-17/h2-11H,12H2,1H3,(H,22,24,26)/b3-2+,16-4+. The van der Waals surface area contributed by atoms with Crippen molar-refractivity contribution in [3.63, 3.8) is 0 Å². The molecule has 2 aromatic rings. The van der Waals surface area contributed by atoms with Gasteiger partial charge in [-0.05, 0) is 35.9 Å². The van der Waals surface area contributed by atoms with Crippen molar-refractivity contribution >= 4 is 29.6 Å². The smallest absolute Gasteiger partial charge is 0.335 e. The molecule has 146 valence electrons. The van der Waals surface area contributed by atoms with Crippen LogP contribution in [-0.4, -0.2) is 31.7 Å². The first-order valence-electron chi connectivity index (χ1n) is 8.68. The fraction of sp³-hybridized carbons (Fsp3) is 0.0952. The van der Waals surface area contributed by atoms with E-state index in [-0.39, 0.29) is 18.1 Å². The number of hydrogen-bond donors (Lipinski definition) is 1. The molecular formula is C21H16N2O6. The maximum atomic E-state index is 12.8. The average Bonchev–Trinajstić information content (AvgIpc) is 3.18. The second-order valence-electron chi connectivity index (χ2n) is 6.15. The summed E-state index contributed by atoms with van der Waals surface area (Å²) in [5.74, 6) is 0.186. The Bertz CT molecular complexity index is 1060. The predicted octanol–water partition coefficient (Wildman–Crippen LogP) is 2.65. The molecule has 8 heteroatoms. The number of carbonyl (C=O) groups excluding carboxylic acids is 3. The van der Waals surface area contributed by atoms with Crippen LogP contribution in [-0.2, 0) is 9.59 Å². The summed E-state index contributed by atoms with van der Waals surface area (Å²) >= 11 is 0. The van der Waals surface area contributed by atoms with Crippen LogP contribution >= 0.6 is 0 Å². The van der Waals surface area contributed by atoms with Crippen LogP contribution in [0.15, 0.2) is 60.2 Å². The Morgan fingerprint density at radius 1 is 1.03 bits per heavy atom. The molecule has 2 heterocycles. The molecule has 0 spiro atoms. The van der Waals surface area contributed by atoms with E-state index in [0.29, 0.717) is 11.5 Å². The number of methoxy groups -OCH3 is 1. The molecule has 0 unspecified atom stereocenters. The molecule has 1 fully saturated rings. The van der Waals surface area contributed by atoms with Crippen molar-refractivity contribution in [1.82, 2.24) is 5.32 Å². The van der Waals surface area contributed by atoms with Gasteiger partial charge < -0.3 is 14.2 Å². The molecule has 0 aliphatic carbocycles. The fourth-order valence-corrected chi connectivity index (χ4v) is 2.91. The van der Waals surface area contributed by atoms with E-state index in [1.54, 1.807) is 43.5 Å². The maximum absolute atomic E-state index is 12.8. The highest BCUT2D eigenvalue weighted by molar-refractivity contribution is 6.37. The summed E-state index contributed by atoms with van der Waals surface area (Å²) in [6.07, 6.45) is 4.67. The summed E-state index contributed by atoms with van der Waals surface area (Å²) in [6.45, 7) is 0.0682. The van der Waals surface area contributed by atoms with Crippen LogP contribution in [0, 0.1) is 0 Å². The minimum Gasteiger partial charge on any atom is -0.497 e. The van der Waals surface area contributed by atoms with Crippen molar-refractivity contribution in [1.29, 1.82) is 0 Å². The Labute approximate surface area is 166 Å². The van der Waals surface area contributed by atoms with Crippen molar-refractivity contribution < 1.29 is 28.6 Å². The first-order chi connectivity index (χ1) is 14.1. The zero-order chi connectivity index (χ0) is 20.4. The molecule has 29 heavy (non-hydrogen) atoms. The Morgan fingerprint density at radius 2 is 1.79 bits per heavy atom. The third-order valence-corrected chi connectivity index (χ3v) is 4.38. The van der Waals surface area contributed by atoms with E-state index in [0.717, 1.165) is 16.2 Å². The lowest BCUT2D eigenvalue weighted by molar-refractivity contribution is -0.122. The Morgan fingerprint density at radius 3 is 2.55 bits per heavy atom. The number of ether oxygens (including phenoxy) is 3. The molecule has 0 bridgehead atoms. The van der Waals surface area contributed by atoms with Gasteiger partial charge in [-0.1, -0.05) is 24.3 Å². The molecule has 0 aromatic heterocycles. The summed E-state index contributed by atoms with van der Waals surface area (Å²) in [4.78, 5) is 38.1. The number of fused-ring (bicyclic) bond motifs is 1. The number of amides is 4. The number of hydrogen-bond acceptors (Lipinski definition) is 6. The minimum absolute atomic E-state index is 0.0682. The van der Waals surface area contributed by atoms with Crippen LogP contribution in [0.4, 0.5) is 10.5 Å². The molecule has 4 rings (SSSR count). The van der Waals surface area contributed by atoms with Gasteiger partial charge in [0, 0.05) is 6.07 Å². The molecule has 0 atom stereocenters. The van der Waals surface area contributed by atoms with E-state index >= 15 is 0 Å². The highest BCUT2D eigenvalue weighted by atomic mass is 16.7. The van der Waals surface area contributed by atoms with Crippen LogP contribution < -0.4 is 24.4 Å². The predicted molar refractivity (Wildman–Crippen MR) is 104 cm³/mol. The van der Waals surface area contributed by atoms with Gasteiger partial charge in [0.05, 0.1) is 12.8 Å². The Hall–Kier alpha value is -4.07. The molecule has 4 amide bonds. The minimum atomic E-state index is -0.824. The van der Waals surface area contributed by atoms with Gasteiger partial charge in [-0.25, -0.2) is 9.69 Å². The van der Waals surface area contributed by atoms with E-state index in [1.807, 2.05) is 12.1 Å². The molecular weight excluding hydrogens is 376 g/mol. The quantitative estimate of drug-likeness (QED) is 0.635. The van der Waals surface area contributed by atoms with Gasteiger partial charge in [-0.3, -0.25) is 14.9 Å². The monoisotopic (exact) mass is 392 g/mol. The summed E-state index contributed by atoms with van der Waals surface area (Å²) in [5.41, 5.74) is 0.969. The van der Waals surface area contributed by atoms with E-state index in [2.05, 4.69) is 5.32 Å². The molecule has 2 aromatic carbocycles. The molecule has 8 nitrogen and oxygen atoms in total. The zero-order valence-corrected chi connectivity index (χ0v) is 15.4. The third kappa shape index (κ3) is 3.55. The van der Waals surface area contributed by atoms with Gasteiger partial charge in [0.2, 0.25) is 6.79 Å². The van der Waals surface area contributed by atoms with Gasteiger partial charge >= 0.3 is 6.03 Å². The number of urea groups is 1. The van der Waals surface area contributed by atoms with Crippen LogP contribution in [0.3, 0.4) is 0 Å². The number of carbonyl (C=O) groups is 3. The largest absolute Gasteiger partial charge is 0.497 e. The number of benzene rings is 2. The number of barbiturate groups is 1. The molecule has 0 radical (unpaired) electrons. The molecule has 1 saturated heterocycles. The zero-order valence-electron chi connectivity index (χ0n) is 15.4. The average molecular weight is 392 g/mol. The fourth-order valence-electron chi connectivity index (χ4n) is 2.91. The van der Waals surface area contributed by atoms with Gasteiger partial charge in [-0.2, -0.15) is 0 Å². The van der Waals surface area contributed by atoms with Crippen LogP contribution in [0.25, 0.3) is 6.08 Å². The van der Waals surface area contributed by atoms with Gasteiger partial charge in [0.15, 0.2) is 11.5 Å². The number of rotatable bonds is 4. The normalized spacial score (nSPS) is 17.2. The summed E-state index contributed by atoms with van der Waals surface area (Å²) in [7, 11) is 1.58. The summed E-state index contributed by atoms with van der Waals surface area (Å²) in [5, 5.41) is 2.18. The first kappa shape index (κ1) is 18.3. The molecule has 1 N–H and O–H groups in total. The van der Waals surface area contributed by atoms with Crippen LogP contribution in [0.1, 0.15) is 5.56 Å². The number of anilines is 1. The van der Waals surface area contributed by atoms with Crippen molar-refractivity contribution in [3.8, 4) is 17.2 Å². The lowest BCUT2D eigenvalue weighted by atomic mass is 10.1. The number of imide groups is 2. The molecule has 2 aliphatic rings. The second kappa shape index (κ2) is 7.51. The second-order valence-corrected chi connectivity index (χ2v) is 6.15. The van der Waals surface area contributed by atoms with Gasteiger partial charge in [0.1, 0.15) is 11.3 Å².